The van der Waals surface area contributed by atoms with E-state index in [1.54, 1.807) is 6.20 Å². The molecule has 1 saturated heterocycles. The average molecular weight is 353 g/mol. The molecule has 3 rings (SSSR count). The van der Waals surface area contributed by atoms with Gasteiger partial charge < -0.3 is 15.1 Å². The molecule has 138 valence electrons. The highest BCUT2D eigenvalue weighted by atomic mass is 16.1. The Morgan fingerprint density at radius 2 is 1.88 bits per heavy atom. The van der Waals surface area contributed by atoms with E-state index < -0.39 is 0 Å². The molecule has 1 aromatic heterocycles. The Morgan fingerprint density at radius 1 is 1.19 bits per heavy atom. The lowest BCUT2D eigenvalue weighted by molar-refractivity contribution is 0.0938. The van der Waals surface area contributed by atoms with Gasteiger partial charge in [0.15, 0.2) is 0 Å². The first-order valence-electron chi connectivity index (χ1n) is 9.25. The number of piperazine rings is 1. The Morgan fingerprint density at radius 3 is 2.50 bits per heavy atom. The van der Waals surface area contributed by atoms with Crippen LogP contribution in [-0.2, 0) is 0 Å². The molecule has 1 aliphatic heterocycles. The molecule has 1 fully saturated rings. The van der Waals surface area contributed by atoms with Crippen LogP contribution in [0.4, 0.5) is 5.95 Å². The van der Waals surface area contributed by atoms with E-state index in [1.807, 2.05) is 44.2 Å². The molecule has 1 amide bonds. The normalized spacial score (nSPS) is 16.3. The van der Waals surface area contributed by atoms with Crippen molar-refractivity contribution in [1.82, 2.24) is 20.2 Å². The van der Waals surface area contributed by atoms with Crippen LogP contribution < -0.4 is 10.2 Å². The smallest absolute Gasteiger partial charge is 0.255 e. The van der Waals surface area contributed by atoms with Crippen LogP contribution in [0, 0.1) is 6.92 Å². The maximum atomic E-state index is 12.6. The molecule has 6 heteroatoms. The van der Waals surface area contributed by atoms with Gasteiger partial charge in [-0.15, -0.1) is 0 Å². The van der Waals surface area contributed by atoms with Crippen LogP contribution in [0.25, 0.3) is 0 Å². The molecule has 1 atom stereocenters. The van der Waals surface area contributed by atoms with Gasteiger partial charge in [-0.3, -0.25) is 4.79 Å². The molecular formula is C20H27N5O. The lowest BCUT2D eigenvalue weighted by Crippen LogP contribution is -2.46. The molecule has 2 heterocycles. The second-order valence-corrected chi connectivity index (χ2v) is 6.70. The quantitative estimate of drug-likeness (QED) is 0.894. The number of anilines is 1. The number of aromatic nitrogens is 2. The molecule has 1 unspecified atom stereocenters. The van der Waals surface area contributed by atoms with Crippen molar-refractivity contribution in [3.8, 4) is 0 Å². The van der Waals surface area contributed by atoms with Crippen molar-refractivity contribution in [1.29, 1.82) is 0 Å². The summed E-state index contributed by atoms with van der Waals surface area (Å²) in [5, 5.41) is 3.03. The standard InChI is InChI=1S/C20H27N5O/c1-4-24-10-12-25(13-11-24)20-21-14-18(16(3)23-20)19(26)22-15(2)17-8-6-5-7-9-17/h5-9,14-15H,4,10-13H2,1-3H3,(H,22,26). The molecule has 2 aromatic rings. The van der Waals surface area contributed by atoms with Crippen molar-refractivity contribution in [3.63, 3.8) is 0 Å². The summed E-state index contributed by atoms with van der Waals surface area (Å²) in [5.41, 5.74) is 2.32. The Balaban J connectivity index is 1.66. The minimum atomic E-state index is -0.138. The molecule has 1 aliphatic rings. The zero-order valence-electron chi connectivity index (χ0n) is 15.8. The molecule has 0 aliphatic carbocycles. The van der Waals surface area contributed by atoms with Crippen LogP contribution in [-0.4, -0.2) is 53.5 Å². The molecule has 6 nitrogen and oxygen atoms in total. The fraction of sp³-hybridized carbons (Fsp3) is 0.450. The number of hydrogen-bond acceptors (Lipinski definition) is 5. The van der Waals surface area contributed by atoms with E-state index in [2.05, 4.69) is 32.0 Å². The monoisotopic (exact) mass is 353 g/mol. The SMILES string of the molecule is CCN1CCN(c2ncc(C(=O)NC(C)c3ccccc3)c(C)n2)CC1. The molecular weight excluding hydrogens is 326 g/mol. The zero-order valence-corrected chi connectivity index (χ0v) is 15.8. The lowest BCUT2D eigenvalue weighted by atomic mass is 10.1. The van der Waals surface area contributed by atoms with Gasteiger partial charge in [0.2, 0.25) is 5.95 Å². The molecule has 1 aromatic carbocycles. The first-order valence-corrected chi connectivity index (χ1v) is 9.25. The highest BCUT2D eigenvalue weighted by Gasteiger charge is 2.20. The Labute approximate surface area is 155 Å². The van der Waals surface area contributed by atoms with Gasteiger partial charge in [-0.25, -0.2) is 9.97 Å². The number of likely N-dealkylation sites (N-methyl/N-ethyl adjacent to an activating group) is 1. The number of carbonyl (C=O) groups is 1. The topological polar surface area (TPSA) is 61.4 Å². The van der Waals surface area contributed by atoms with Gasteiger partial charge >= 0.3 is 0 Å². The number of hydrogen-bond donors (Lipinski definition) is 1. The number of rotatable bonds is 5. The average Bonchev–Trinajstić information content (AvgIpc) is 2.68. The van der Waals surface area contributed by atoms with Crippen molar-refractivity contribution in [2.24, 2.45) is 0 Å². The van der Waals surface area contributed by atoms with Crippen LogP contribution in [0.3, 0.4) is 0 Å². The van der Waals surface area contributed by atoms with Crippen LogP contribution >= 0.6 is 0 Å². The van der Waals surface area contributed by atoms with Crippen LogP contribution in [0.1, 0.15) is 41.5 Å². The summed E-state index contributed by atoms with van der Waals surface area (Å²) in [7, 11) is 0. The predicted molar refractivity (Wildman–Crippen MR) is 103 cm³/mol. The van der Waals surface area contributed by atoms with Crippen LogP contribution in [0.15, 0.2) is 36.5 Å². The third-order valence-electron chi connectivity index (χ3n) is 4.96. The molecule has 0 spiro atoms. The molecule has 0 bridgehead atoms. The van der Waals surface area contributed by atoms with Crippen LogP contribution in [0.2, 0.25) is 0 Å². The summed E-state index contributed by atoms with van der Waals surface area (Å²) in [6.07, 6.45) is 1.65. The zero-order chi connectivity index (χ0) is 18.5. The second kappa shape index (κ2) is 8.27. The highest BCUT2D eigenvalue weighted by Crippen LogP contribution is 2.16. The van der Waals surface area contributed by atoms with Gasteiger partial charge in [0.25, 0.3) is 5.91 Å². The summed E-state index contributed by atoms with van der Waals surface area (Å²) in [4.78, 5) is 26.2. The second-order valence-electron chi connectivity index (χ2n) is 6.70. The number of carbonyl (C=O) groups excluding carboxylic acids is 1. The minimum Gasteiger partial charge on any atom is -0.345 e. The minimum absolute atomic E-state index is 0.0649. The van der Waals surface area contributed by atoms with Crippen molar-refractivity contribution in [2.45, 2.75) is 26.8 Å². The number of amides is 1. The van der Waals surface area contributed by atoms with E-state index in [0.29, 0.717) is 17.2 Å². The maximum absolute atomic E-state index is 12.6. The fourth-order valence-corrected chi connectivity index (χ4v) is 3.19. The van der Waals surface area contributed by atoms with E-state index >= 15 is 0 Å². The summed E-state index contributed by atoms with van der Waals surface area (Å²) in [6, 6.07) is 9.86. The number of benzene rings is 1. The van der Waals surface area contributed by atoms with Crippen molar-refractivity contribution in [3.05, 3.63) is 53.3 Å². The Bertz CT molecular complexity index is 741. The molecule has 1 N–H and O–H groups in total. The van der Waals surface area contributed by atoms with E-state index in [9.17, 15) is 4.79 Å². The van der Waals surface area contributed by atoms with Crippen LogP contribution in [0.5, 0.6) is 0 Å². The first kappa shape index (κ1) is 18.3. The first-order chi connectivity index (χ1) is 12.6. The largest absolute Gasteiger partial charge is 0.345 e. The van der Waals surface area contributed by atoms with E-state index in [-0.39, 0.29) is 11.9 Å². The summed E-state index contributed by atoms with van der Waals surface area (Å²) >= 11 is 0. The van der Waals surface area contributed by atoms with Gasteiger partial charge in [-0.2, -0.15) is 0 Å². The maximum Gasteiger partial charge on any atom is 0.255 e. The highest BCUT2D eigenvalue weighted by molar-refractivity contribution is 5.95. The molecule has 0 saturated carbocycles. The van der Waals surface area contributed by atoms with Gasteiger partial charge in [0, 0.05) is 32.4 Å². The van der Waals surface area contributed by atoms with Crippen molar-refractivity contribution in [2.75, 3.05) is 37.6 Å². The van der Waals surface area contributed by atoms with Crippen molar-refractivity contribution < 1.29 is 4.79 Å². The third-order valence-corrected chi connectivity index (χ3v) is 4.96. The number of nitrogens with one attached hydrogen (secondary N) is 1. The fourth-order valence-electron chi connectivity index (χ4n) is 3.19. The van der Waals surface area contributed by atoms with Gasteiger partial charge in [-0.05, 0) is 26.0 Å². The van der Waals surface area contributed by atoms with E-state index in [0.717, 1.165) is 38.3 Å². The Hall–Kier alpha value is -2.47. The van der Waals surface area contributed by atoms with Gasteiger partial charge in [0.1, 0.15) is 0 Å². The van der Waals surface area contributed by atoms with Gasteiger partial charge in [0.05, 0.1) is 17.3 Å². The molecule has 26 heavy (non-hydrogen) atoms. The summed E-state index contributed by atoms with van der Waals surface area (Å²) < 4.78 is 0. The number of nitrogens with zero attached hydrogens (tertiary/aromatic N) is 4. The van der Waals surface area contributed by atoms with E-state index in [1.165, 1.54) is 0 Å². The lowest BCUT2D eigenvalue weighted by Gasteiger charge is -2.34. The summed E-state index contributed by atoms with van der Waals surface area (Å²) in [5.74, 6) is 0.576. The number of aryl methyl sites for hydroxylation is 1. The third kappa shape index (κ3) is 4.19. The summed E-state index contributed by atoms with van der Waals surface area (Å²) in [6.45, 7) is 11.0. The molecule has 0 radical (unpaired) electrons. The van der Waals surface area contributed by atoms with E-state index in [4.69, 9.17) is 0 Å². The Kier molecular flexibility index (Phi) is 5.83. The predicted octanol–water partition coefficient (Wildman–Crippen LogP) is 2.42. The van der Waals surface area contributed by atoms with Crippen molar-refractivity contribution >= 4 is 11.9 Å². The van der Waals surface area contributed by atoms with Gasteiger partial charge in [-0.1, -0.05) is 37.3 Å².